The molecule has 0 radical (unpaired) electrons. The summed E-state index contributed by atoms with van der Waals surface area (Å²) in [5.74, 6) is 0. The van der Waals surface area contributed by atoms with Crippen molar-refractivity contribution >= 4 is 55.7 Å². The molecule has 2 nitrogen and oxygen atoms in total. The second kappa shape index (κ2) is 13.2. The first-order valence-corrected chi connectivity index (χ1v) is 20.4. The normalized spacial score (nSPS) is 13.2. The van der Waals surface area contributed by atoms with Crippen molar-refractivity contribution in [3.63, 3.8) is 0 Å². The maximum Gasteiger partial charge on any atom is 0.0755 e. The van der Waals surface area contributed by atoms with E-state index in [1.807, 2.05) is 0 Å². The lowest BCUT2D eigenvalue weighted by molar-refractivity contribution is 0.753. The van der Waals surface area contributed by atoms with Crippen molar-refractivity contribution in [3.8, 4) is 22.3 Å². The van der Waals surface area contributed by atoms with Crippen LogP contribution in [0.3, 0.4) is 0 Å². The first kappa shape index (κ1) is 33.5. The number of benzene rings is 10. The van der Waals surface area contributed by atoms with Gasteiger partial charge in [-0.1, -0.05) is 176 Å². The summed E-state index contributed by atoms with van der Waals surface area (Å²) in [4.78, 5) is 4.92. The van der Waals surface area contributed by atoms with Crippen molar-refractivity contribution in [2.24, 2.45) is 0 Å². The van der Waals surface area contributed by atoms with Crippen LogP contribution in [0.25, 0.3) is 43.8 Å². The van der Waals surface area contributed by atoms with Crippen LogP contribution >= 0.6 is 0 Å². The Hall–Kier alpha value is -7.68. The van der Waals surface area contributed by atoms with Crippen molar-refractivity contribution in [1.82, 2.24) is 0 Å². The zero-order valence-corrected chi connectivity index (χ0v) is 32.3. The second-order valence-electron chi connectivity index (χ2n) is 15.6. The summed E-state index contributed by atoms with van der Waals surface area (Å²) in [6, 6.07) is 84.9. The van der Waals surface area contributed by atoms with Crippen LogP contribution in [-0.2, 0) is 5.41 Å². The molecule has 0 saturated heterocycles. The monoisotopic (exact) mass is 750 g/mol. The van der Waals surface area contributed by atoms with E-state index in [0.717, 1.165) is 22.7 Å². The molecule has 10 aromatic rings. The molecule has 0 bridgehead atoms. The average Bonchev–Trinajstić information content (AvgIpc) is 3.61. The van der Waals surface area contributed by atoms with Gasteiger partial charge < -0.3 is 9.80 Å². The van der Waals surface area contributed by atoms with Gasteiger partial charge in [0.05, 0.1) is 22.5 Å². The first-order valence-electron chi connectivity index (χ1n) is 20.4. The van der Waals surface area contributed by atoms with Crippen molar-refractivity contribution in [2.75, 3.05) is 9.80 Å². The first-order chi connectivity index (χ1) is 29.3. The van der Waals surface area contributed by atoms with Crippen LogP contribution in [0.4, 0.5) is 34.1 Å². The van der Waals surface area contributed by atoms with E-state index in [0.29, 0.717) is 0 Å². The molecule has 0 amide bonds. The minimum atomic E-state index is -0.620. The van der Waals surface area contributed by atoms with Gasteiger partial charge in [-0.05, 0) is 115 Å². The molecule has 1 heterocycles. The Balaban J connectivity index is 1.22. The number of para-hydroxylation sites is 4. The Morgan fingerprint density at radius 2 is 0.847 bits per heavy atom. The van der Waals surface area contributed by atoms with Crippen LogP contribution in [0.15, 0.2) is 231 Å². The molecule has 276 valence electrons. The average molecular weight is 751 g/mol. The summed E-state index contributed by atoms with van der Waals surface area (Å²) in [6.45, 7) is 0. The Kier molecular flexibility index (Phi) is 7.48. The zero-order valence-electron chi connectivity index (χ0n) is 32.3. The molecule has 10 aromatic carbocycles. The molecule has 0 aromatic heterocycles. The molecule has 1 aliphatic heterocycles. The third kappa shape index (κ3) is 4.87. The number of fused-ring (bicyclic) bond motifs is 13. The van der Waals surface area contributed by atoms with E-state index in [9.17, 15) is 0 Å². The maximum atomic E-state index is 2.54. The van der Waals surface area contributed by atoms with Crippen molar-refractivity contribution < 1.29 is 0 Å². The Labute approximate surface area is 344 Å². The lowest BCUT2D eigenvalue weighted by Gasteiger charge is -2.45. The van der Waals surface area contributed by atoms with Gasteiger partial charge >= 0.3 is 0 Å². The van der Waals surface area contributed by atoms with Gasteiger partial charge in [-0.15, -0.1) is 0 Å². The van der Waals surface area contributed by atoms with E-state index >= 15 is 0 Å². The molecule has 2 heteroatoms. The largest absolute Gasteiger partial charge is 0.310 e. The third-order valence-corrected chi connectivity index (χ3v) is 12.6. The van der Waals surface area contributed by atoms with Crippen molar-refractivity contribution in [2.45, 2.75) is 5.41 Å². The summed E-state index contributed by atoms with van der Waals surface area (Å²) in [5.41, 5.74) is 16.5. The topological polar surface area (TPSA) is 6.48 Å². The highest BCUT2D eigenvalue weighted by Gasteiger charge is 2.53. The highest BCUT2D eigenvalue weighted by molar-refractivity contribution is 6.16. The fourth-order valence-corrected chi connectivity index (χ4v) is 10.2. The smallest absolute Gasteiger partial charge is 0.0755 e. The molecule has 0 fully saturated rings. The lowest BCUT2D eigenvalue weighted by atomic mass is 9.64. The van der Waals surface area contributed by atoms with E-state index in [1.165, 1.54) is 77.4 Å². The standard InChI is InChI=1S/C57H38N2/c1-4-18-39(19-5-1)40-32-35-44(36-33-40)58(42-21-6-2-7-22-42)54-38-51-56(47-27-13-12-26-46(47)54)55-45-25-11-10-20-41(45)34-37-50(55)57(51)48-28-14-16-30-52(48)59(43-23-8-3-9-24-43)53-31-17-15-29-49(53)57/h1-38H. The SMILES string of the molecule is c1ccc(-c2ccc(N(c3ccccc3)c3cc4c(c5ccccc35)-c3c(ccc5ccccc35)C43c4ccccc4N(c4ccccc4)c4ccccc43)cc2)cc1. The Bertz CT molecular complexity index is 3160. The number of hydrogen-bond donors (Lipinski definition) is 0. The summed E-state index contributed by atoms with van der Waals surface area (Å²) in [6.07, 6.45) is 0. The van der Waals surface area contributed by atoms with Gasteiger partial charge in [-0.25, -0.2) is 0 Å². The third-order valence-electron chi connectivity index (χ3n) is 12.6. The Morgan fingerprint density at radius 3 is 1.54 bits per heavy atom. The second-order valence-corrected chi connectivity index (χ2v) is 15.6. The van der Waals surface area contributed by atoms with Crippen LogP contribution in [-0.4, -0.2) is 0 Å². The molecule has 1 aliphatic carbocycles. The maximum absolute atomic E-state index is 2.54. The molecule has 0 saturated carbocycles. The van der Waals surface area contributed by atoms with Crippen LogP contribution in [0.1, 0.15) is 22.3 Å². The molecule has 0 atom stereocenters. The number of hydrogen-bond acceptors (Lipinski definition) is 2. The van der Waals surface area contributed by atoms with Crippen LogP contribution in [0.2, 0.25) is 0 Å². The van der Waals surface area contributed by atoms with Crippen LogP contribution in [0, 0.1) is 0 Å². The van der Waals surface area contributed by atoms with Gasteiger partial charge in [0.15, 0.2) is 0 Å². The molecule has 2 aliphatic rings. The van der Waals surface area contributed by atoms with Gasteiger partial charge in [0.25, 0.3) is 0 Å². The van der Waals surface area contributed by atoms with E-state index in [-0.39, 0.29) is 0 Å². The van der Waals surface area contributed by atoms with E-state index in [4.69, 9.17) is 0 Å². The van der Waals surface area contributed by atoms with Crippen LogP contribution < -0.4 is 9.80 Å². The highest BCUT2D eigenvalue weighted by Crippen LogP contribution is 2.66. The summed E-state index contributed by atoms with van der Waals surface area (Å²) < 4.78 is 0. The van der Waals surface area contributed by atoms with Gasteiger partial charge in [0.2, 0.25) is 0 Å². The number of nitrogens with zero attached hydrogens (tertiary/aromatic N) is 2. The van der Waals surface area contributed by atoms with Crippen LogP contribution in [0.5, 0.6) is 0 Å². The van der Waals surface area contributed by atoms with Crippen molar-refractivity contribution in [1.29, 1.82) is 0 Å². The zero-order chi connectivity index (χ0) is 38.9. The van der Waals surface area contributed by atoms with Gasteiger partial charge in [-0.2, -0.15) is 0 Å². The molecule has 12 rings (SSSR count). The molecule has 1 spiro atoms. The molecule has 59 heavy (non-hydrogen) atoms. The summed E-state index contributed by atoms with van der Waals surface area (Å²) >= 11 is 0. The van der Waals surface area contributed by atoms with E-state index in [1.54, 1.807) is 0 Å². The molecular weight excluding hydrogens is 713 g/mol. The predicted molar refractivity (Wildman–Crippen MR) is 247 cm³/mol. The summed E-state index contributed by atoms with van der Waals surface area (Å²) in [5, 5.41) is 4.98. The highest BCUT2D eigenvalue weighted by atomic mass is 15.2. The fourth-order valence-electron chi connectivity index (χ4n) is 10.2. The van der Waals surface area contributed by atoms with Crippen molar-refractivity contribution in [3.05, 3.63) is 253 Å². The minimum absolute atomic E-state index is 0.620. The number of anilines is 6. The lowest BCUT2D eigenvalue weighted by Crippen LogP contribution is -2.36. The fraction of sp³-hybridized carbons (Fsp3) is 0.0175. The quantitative estimate of drug-likeness (QED) is 0.173. The number of rotatable bonds is 5. The molecule has 0 N–H and O–H groups in total. The van der Waals surface area contributed by atoms with Gasteiger partial charge in [0, 0.05) is 22.4 Å². The van der Waals surface area contributed by atoms with Gasteiger partial charge in [0.1, 0.15) is 0 Å². The van der Waals surface area contributed by atoms with Gasteiger partial charge in [-0.3, -0.25) is 0 Å². The predicted octanol–water partition coefficient (Wildman–Crippen LogP) is 15.3. The van der Waals surface area contributed by atoms with E-state index < -0.39 is 5.41 Å². The summed E-state index contributed by atoms with van der Waals surface area (Å²) in [7, 11) is 0. The Morgan fingerprint density at radius 1 is 0.339 bits per heavy atom. The molecular formula is C57H38N2. The van der Waals surface area contributed by atoms with E-state index in [2.05, 4.69) is 240 Å². The molecule has 0 unspecified atom stereocenters. The minimum Gasteiger partial charge on any atom is -0.310 e.